The summed E-state index contributed by atoms with van der Waals surface area (Å²) in [7, 11) is 0. The van der Waals surface area contributed by atoms with Gasteiger partial charge in [0, 0.05) is 11.1 Å². The molecule has 20 heavy (non-hydrogen) atoms. The van der Waals surface area contributed by atoms with Gasteiger partial charge in [-0.25, -0.2) is 4.98 Å². The lowest BCUT2D eigenvalue weighted by atomic mass is 10.1. The van der Waals surface area contributed by atoms with Gasteiger partial charge < -0.3 is 15.4 Å². The predicted molar refractivity (Wildman–Crippen MR) is 79.5 cm³/mol. The lowest BCUT2D eigenvalue weighted by Gasteiger charge is -2.20. The Morgan fingerprint density at radius 2 is 2.35 bits per heavy atom. The molecule has 0 fully saturated rings. The highest BCUT2D eigenvalue weighted by Crippen LogP contribution is 2.32. The Morgan fingerprint density at radius 1 is 1.50 bits per heavy atom. The minimum Gasteiger partial charge on any atom is -0.482 e. The SMILES string of the molecule is Cc1cnc(NC(C)c2ccc3c(c2)NC(=O)CO3)s1. The van der Waals surface area contributed by atoms with Gasteiger partial charge in [-0.05, 0) is 31.5 Å². The molecule has 1 atom stereocenters. The summed E-state index contributed by atoms with van der Waals surface area (Å²) in [4.78, 5) is 16.8. The van der Waals surface area contributed by atoms with Crippen molar-refractivity contribution < 1.29 is 9.53 Å². The molecule has 5 nitrogen and oxygen atoms in total. The van der Waals surface area contributed by atoms with Gasteiger partial charge in [-0.2, -0.15) is 0 Å². The van der Waals surface area contributed by atoms with Crippen LogP contribution in [0.5, 0.6) is 5.75 Å². The number of thiazole rings is 1. The normalized spacial score (nSPS) is 15.0. The number of rotatable bonds is 3. The standard InChI is InChI=1S/C14H15N3O2S/c1-8-6-15-14(20-8)16-9(2)10-3-4-12-11(5-10)17-13(18)7-19-12/h3-6,9H,7H2,1-2H3,(H,15,16)(H,17,18). The molecule has 1 aliphatic rings. The van der Waals surface area contributed by atoms with Crippen LogP contribution in [0, 0.1) is 6.92 Å². The maximum Gasteiger partial charge on any atom is 0.262 e. The van der Waals surface area contributed by atoms with Crippen LogP contribution in [0.2, 0.25) is 0 Å². The van der Waals surface area contributed by atoms with Crippen molar-refractivity contribution in [2.45, 2.75) is 19.9 Å². The summed E-state index contributed by atoms with van der Waals surface area (Å²) in [6.07, 6.45) is 1.85. The Hall–Kier alpha value is -2.08. The summed E-state index contributed by atoms with van der Waals surface area (Å²) in [6, 6.07) is 5.92. The Bertz CT molecular complexity index is 654. The van der Waals surface area contributed by atoms with Crippen LogP contribution in [0.3, 0.4) is 0 Å². The number of ether oxygens (including phenoxy) is 1. The number of amides is 1. The molecule has 0 saturated carbocycles. The second kappa shape index (κ2) is 5.13. The highest BCUT2D eigenvalue weighted by Gasteiger charge is 2.17. The molecule has 2 aromatic rings. The molecule has 0 bridgehead atoms. The summed E-state index contributed by atoms with van der Waals surface area (Å²) in [6.45, 7) is 4.17. The van der Waals surface area contributed by atoms with Gasteiger partial charge in [-0.15, -0.1) is 11.3 Å². The second-order valence-corrected chi connectivity index (χ2v) is 5.97. The van der Waals surface area contributed by atoms with Crippen molar-refractivity contribution in [2.24, 2.45) is 0 Å². The summed E-state index contributed by atoms with van der Waals surface area (Å²) in [5.74, 6) is 0.594. The smallest absolute Gasteiger partial charge is 0.262 e. The number of aromatic nitrogens is 1. The van der Waals surface area contributed by atoms with Crippen molar-refractivity contribution in [2.75, 3.05) is 17.2 Å². The fourth-order valence-electron chi connectivity index (χ4n) is 2.06. The van der Waals surface area contributed by atoms with E-state index in [0.29, 0.717) is 5.75 Å². The van der Waals surface area contributed by atoms with Crippen molar-refractivity contribution in [1.29, 1.82) is 0 Å². The average Bonchev–Trinajstić information content (AvgIpc) is 2.83. The first-order valence-electron chi connectivity index (χ1n) is 6.37. The Labute approximate surface area is 121 Å². The Kier molecular flexibility index (Phi) is 3.31. The largest absolute Gasteiger partial charge is 0.482 e. The summed E-state index contributed by atoms with van der Waals surface area (Å²) in [5.41, 5.74) is 1.80. The van der Waals surface area contributed by atoms with Crippen LogP contribution >= 0.6 is 11.3 Å². The number of hydrogen-bond donors (Lipinski definition) is 2. The molecule has 1 amide bonds. The number of benzene rings is 1. The number of fused-ring (bicyclic) bond motifs is 1. The Morgan fingerprint density at radius 3 is 3.10 bits per heavy atom. The molecule has 2 heterocycles. The third kappa shape index (κ3) is 2.60. The minimum absolute atomic E-state index is 0.0819. The molecule has 1 unspecified atom stereocenters. The van der Waals surface area contributed by atoms with Gasteiger partial charge in [-0.1, -0.05) is 6.07 Å². The van der Waals surface area contributed by atoms with Crippen molar-refractivity contribution >= 4 is 28.1 Å². The molecule has 0 aliphatic carbocycles. The number of nitrogens with zero attached hydrogens (tertiary/aromatic N) is 1. The van der Waals surface area contributed by atoms with Crippen LogP contribution in [0.4, 0.5) is 10.8 Å². The maximum absolute atomic E-state index is 11.3. The average molecular weight is 289 g/mol. The van der Waals surface area contributed by atoms with Crippen LogP contribution in [0.15, 0.2) is 24.4 Å². The van der Waals surface area contributed by atoms with E-state index in [9.17, 15) is 4.79 Å². The second-order valence-electron chi connectivity index (χ2n) is 4.73. The molecule has 6 heteroatoms. The van der Waals surface area contributed by atoms with E-state index in [0.717, 1.165) is 16.4 Å². The van der Waals surface area contributed by atoms with Gasteiger partial charge in [0.15, 0.2) is 11.7 Å². The van der Waals surface area contributed by atoms with Gasteiger partial charge in [-0.3, -0.25) is 4.79 Å². The van der Waals surface area contributed by atoms with E-state index in [-0.39, 0.29) is 18.6 Å². The number of hydrogen-bond acceptors (Lipinski definition) is 5. The van der Waals surface area contributed by atoms with Crippen molar-refractivity contribution in [3.8, 4) is 5.75 Å². The third-order valence-electron chi connectivity index (χ3n) is 3.10. The topological polar surface area (TPSA) is 63.2 Å². The first kappa shape index (κ1) is 12.9. The number of aryl methyl sites for hydroxylation is 1. The molecular weight excluding hydrogens is 274 g/mol. The monoisotopic (exact) mass is 289 g/mol. The van der Waals surface area contributed by atoms with Gasteiger partial charge in [0.05, 0.1) is 11.7 Å². The predicted octanol–water partition coefficient (Wildman–Crippen LogP) is 2.96. The number of anilines is 2. The summed E-state index contributed by atoms with van der Waals surface area (Å²) >= 11 is 1.62. The number of carbonyl (C=O) groups excluding carboxylic acids is 1. The number of carbonyl (C=O) groups is 1. The zero-order valence-corrected chi connectivity index (χ0v) is 12.1. The fourth-order valence-corrected chi connectivity index (χ4v) is 2.81. The first-order chi connectivity index (χ1) is 9.61. The van der Waals surface area contributed by atoms with E-state index in [1.54, 1.807) is 11.3 Å². The molecule has 0 radical (unpaired) electrons. The van der Waals surface area contributed by atoms with Crippen LogP contribution in [0.1, 0.15) is 23.4 Å². The van der Waals surface area contributed by atoms with E-state index in [2.05, 4.69) is 22.5 Å². The van der Waals surface area contributed by atoms with E-state index < -0.39 is 0 Å². The lowest BCUT2D eigenvalue weighted by molar-refractivity contribution is -0.118. The highest BCUT2D eigenvalue weighted by atomic mass is 32.1. The maximum atomic E-state index is 11.3. The summed E-state index contributed by atoms with van der Waals surface area (Å²) < 4.78 is 5.35. The van der Waals surface area contributed by atoms with E-state index in [1.165, 1.54) is 4.88 Å². The van der Waals surface area contributed by atoms with Gasteiger partial charge in [0.2, 0.25) is 0 Å². The molecule has 0 spiro atoms. The van der Waals surface area contributed by atoms with Gasteiger partial charge >= 0.3 is 0 Å². The van der Waals surface area contributed by atoms with E-state index in [1.807, 2.05) is 31.3 Å². The van der Waals surface area contributed by atoms with Crippen LogP contribution < -0.4 is 15.4 Å². The molecule has 2 N–H and O–H groups in total. The van der Waals surface area contributed by atoms with Gasteiger partial charge in [0.1, 0.15) is 5.75 Å². The summed E-state index contributed by atoms with van der Waals surface area (Å²) in [5, 5.41) is 7.07. The first-order valence-corrected chi connectivity index (χ1v) is 7.19. The molecule has 3 rings (SSSR count). The van der Waals surface area contributed by atoms with Crippen LogP contribution in [-0.2, 0) is 4.79 Å². The number of nitrogens with one attached hydrogen (secondary N) is 2. The highest BCUT2D eigenvalue weighted by molar-refractivity contribution is 7.15. The molecule has 1 aromatic carbocycles. The fraction of sp³-hybridized carbons (Fsp3) is 0.286. The van der Waals surface area contributed by atoms with Crippen molar-refractivity contribution in [3.63, 3.8) is 0 Å². The van der Waals surface area contributed by atoms with E-state index in [4.69, 9.17) is 4.74 Å². The van der Waals surface area contributed by atoms with Crippen molar-refractivity contribution in [3.05, 3.63) is 34.8 Å². The van der Waals surface area contributed by atoms with Crippen LogP contribution in [0.25, 0.3) is 0 Å². The minimum atomic E-state index is -0.120. The van der Waals surface area contributed by atoms with E-state index >= 15 is 0 Å². The third-order valence-corrected chi connectivity index (χ3v) is 3.94. The van der Waals surface area contributed by atoms with Crippen molar-refractivity contribution in [1.82, 2.24) is 4.98 Å². The van der Waals surface area contributed by atoms with Gasteiger partial charge in [0.25, 0.3) is 5.91 Å². The molecule has 1 aliphatic heterocycles. The Balaban J connectivity index is 1.79. The zero-order valence-electron chi connectivity index (χ0n) is 11.3. The quantitative estimate of drug-likeness (QED) is 0.912. The lowest BCUT2D eigenvalue weighted by Crippen LogP contribution is -2.25. The molecular formula is C14H15N3O2S. The molecule has 0 saturated heterocycles. The zero-order chi connectivity index (χ0) is 14.1. The molecule has 1 aromatic heterocycles. The molecule has 104 valence electrons. The van der Waals surface area contributed by atoms with Crippen LogP contribution in [-0.4, -0.2) is 17.5 Å².